The van der Waals surface area contributed by atoms with E-state index in [9.17, 15) is 13.2 Å². The monoisotopic (exact) mass is 525 g/mol. The second-order valence-corrected chi connectivity index (χ2v) is 7.51. The van der Waals surface area contributed by atoms with E-state index >= 15 is 0 Å². The number of anilines is 1. The molecule has 0 aromatic heterocycles. The number of likely N-dealkylation sites (tertiary alicyclic amines) is 1. The van der Waals surface area contributed by atoms with Crippen molar-refractivity contribution in [2.75, 3.05) is 63.8 Å². The Balaban J connectivity index is 0.00000300. The van der Waals surface area contributed by atoms with E-state index in [0.29, 0.717) is 19.6 Å². The summed E-state index contributed by atoms with van der Waals surface area (Å²) in [5.41, 5.74) is 1.24. The van der Waals surface area contributed by atoms with Crippen molar-refractivity contribution in [3.8, 4) is 0 Å². The van der Waals surface area contributed by atoms with Crippen molar-refractivity contribution in [1.82, 2.24) is 15.1 Å². The fourth-order valence-corrected chi connectivity index (χ4v) is 3.92. The minimum Gasteiger partial charge on any atom is -0.368 e. The summed E-state index contributed by atoms with van der Waals surface area (Å²) in [6, 6.07) is 10.4. The van der Waals surface area contributed by atoms with E-state index in [0.717, 1.165) is 45.1 Å². The van der Waals surface area contributed by atoms with Crippen LogP contribution in [0.1, 0.15) is 13.3 Å². The Labute approximate surface area is 188 Å². The predicted molar refractivity (Wildman–Crippen MR) is 122 cm³/mol. The molecule has 9 heteroatoms. The summed E-state index contributed by atoms with van der Waals surface area (Å²) >= 11 is 0. The van der Waals surface area contributed by atoms with Gasteiger partial charge in [0, 0.05) is 51.5 Å². The van der Waals surface area contributed by atoms with Crippen molar-refractivity contribution >= 4 is 35.6 Å². The predicted octanol–water partition coefficient (Wildman–Crippen LogP) is 3.28. The Morgan fingerprint density at radius 3 is 2.41 bits per heavy atom. The highest BCUT2D eigenvalue weighted by Crippen LogP contribution is 2.23. The molecule has 2 saturated heterocycles. The second-order valence-electron chi connectivity index (χ2n) is 7.51. The number of piperazine rings is 1. The van der Waals surface area contributed by atoms with E-state index in [1.165, 1.54) is 10.6 Å². The molecule has 1 atom stereocenters. The number of benzene rings is 1. The number of hydrogen-bond donors (Lipinski definition) is 1. The minimum absolute atomic E-state index is 0. The van der Waals surface area contributed by atoms with E-state index in [2.05, 4.69) is 39.4 Å². The van der Waals surface area contributed by atoms with Crippen LogP contribution in [0, 0.1) is 5.92 Å². The Kier molecular flexibility index (Phi) is 9.32. The van der Waals surface area contributed by atoms with Gasteiger partial charge in [-0.15, -0.1) is 24.0 Å². The molecule has 2 fully saturated rings. The highest BCUT2D eigenvalue weighted by molar-refractivity contribution is 14.0. The van der Waals surface area contributed by atoms with Gasteiger partial charge in [0.2, 0.25) is 0 Å². The van der Waals surface area contributed by atoms with Crippen LogP contribution in [0.25, 0.3) is 0 Å². The zero-order chi connectivity index (χ0) is 20.0. The third-order valence-electron chi connectivity index (χ3n) is 5.31. The van der Waals surface area contributed by atoms with Crippen LogP contribution in [0.3, 0.4) is 0 Å². The van der Waals surface area contributed by atoms with Gasteiger partial charge in [0.05, 0.1) is 6.54 Å². The number of para-hydroxylation sites is 1. The van der Waals surface area contributed by atoms with Crippen LogP contribution in [0.4, 0.5) is 18.9 Å². The average Bonchev–Trinajstić information content (AvgIpc) is 3.11. The van der Waals surface area contributed by atoms with Gasteiger partial charge in [-0.2, -0.15) is 13.2 Å². The third kappa shape index (κ3) is 7.51. The number of nitrogens with zero attached hydrogens (tertiary/aromatic N) is 4. The van der Waals surface area contributed by atoms with E-state index in [-0.39, 0.29) is 29.9 Å². The van der Waals surface area contributed by atoms with E-state index in [1.807, 2.05) is 13.0 Å². The lowest BCUT2D eigenvalue weighted by molar-refractivity contribution is -0.143. The number of rotatable bonds is 5. The van der Waals surface area contributed by atoms with Gasteiger partial charge in [-0.05, 0) is 37.9 Å². The van der Waals surface area contributed by atoms with Gasteiger partial charge >= 0.3 is 6.18 Å². The highest BCUT2D eigenvalue weighted by atomic mass is 127. The van der Waals surface area contributed by atoms with Crippen LogP contribution in [-0.4, -0.2) is 80.8 Å². The van der Waals surface area contributed by atoms with Crippen molar-refractivity contribution in [2.24, 2.45) is 10.9 Å². The van der Waals surface area contributed by atoms with Crippen LogP contribution >= 0.6 is 24.0 Å². The molecular formula is C20H31F3IN5. The molecule has 0 bridgehead atoms. The van der Waals surface area contributed by atoms with Crippen molar-refractivity contribution in [2.45, 2.75) is 19.5 Å². The Hall–Kier alpha value is -1.23. The molecule has 0 radical (unpaired) electrons. The van der Waals surface area contributed by atoms with Crippen LogP contribution in [-0.2, 0) is 0 Å². The van der Waals surface area contributed by atoms with Crippen LogP contribution < -0.4 is 10.2 Å². The van der Waals surface area contributed by atoms with Crippen LogP contribution in [0.2, 0.25) is 0 Å². The van der Waals surface area contributed by atoms with Gasteiger partial charge in [-0.1, -0.05) is 18.2 Å². The molecule has 0 spiro atoms. The van der Waals surface area contributed by atoms with E-state index < -0.39 is 12.7 Å². The number of guanidine groups is 1. The highest BCUT2D eigenvalue weighted by Gasteiger charge is 2.34. The average molecular weight is 525 g/mol. The molecule has 1 unspecified atom stereocenters. The maximum Gasteiger partial charge on any atom is 0.401 e. The largest absolute Gasteiger partial charge is 0.401 e. The standard InChI is InChI=1S/C20H30F3N5.HI/c1-2-24-19(25-14-17-8-9-26(15-17)16-20(21,22)23)28-12-10-27(11-13-28)18-6-4-3-5-7-18;/h3-7,17H,2,8-16H2,1H3,(H,24,25);1H. The molecule has 3 rings (SSSR count). The third-order valence-corrected chi connectivity index (χ3v) is 5.31. The van der Waals surface area contributed by atoms with Crippen LogP contribution in [0.5, 0.6) is 0 Å². The summed E-state index contributed by atoms with van der Waals surface area (Å²) < 4.78 is 37.7. The summed E-state index contributed by atoms with van der Waals surface area (Å²) in [5.74, 6) is 1.08. The SMILES string of the molecule is CCNC(=NCC1CCN(CC(F)(F)F)C1)N1CCN(c2ccccc2)CC1.I. The fraction of sp³-hybridized carbons (Fsp3) is 0.650. The summed E-state index contributed by atoms with van der Waals surface area (Å²) in [7, 11) is 0. The van der Waals surface area contributed by atoms with Gasteiger partial charge in [0.15, 0.2) is 5.96 Å². The second kappa shape index (κ2) is 11.2. The smallest absolute Gasteiger partial charge is 0.368 e. The van der Waals surface area contributed by atoms with Gasteiger partial charge in [0.25, 0.3) is 0 Å². The molecule has 29 heavy (non-hydrogen) atoms. The fourth-order valence-electron chi connectivity index (χ4n) is 3.92. The molecule has 1 N–H and O–H groups in total. The molecule has 0 aliphatic carbocycles. The molecule has 164 valence electrons. The number of nitrogens with one attached hydrogen (secondary N) is 1. The number of halogens is 4. The Morgan fingerprint density at radius 1 is 1.10 bits per heavy atom. The Bertz CT molecular complexity index is 633. The molecule has 2 heterocycles. The van der Waals surface area contributed by atoms with Crippen molar-refractivity contribution in [3.05, 3.63) is 30.3 Å². The lowest BCUT2D eigenvalue weighted by Crippen LogP contribution is -2.52. The lowest BCUT2D eigenvalue weighted by atomic mass is 10.1. The number of aliphatic imine (C=N–C) groups is 1. The normalized spacial score (nSPS) is 21.2. The molecule has 0 amide bonds. The molecule has 5 nitrogen and oxygen atoms in total. The summed E-state index contributed by atoms with van der Waals surface area (Å²) in [4.78, 5) is 10.9. The van der Waals surface area contributed by atoms with Gasteiger partial charge < -0.3 is 15.1 Å². The van der Waals surface area contributed by atoms with Crippen molar-refractivity contribution < 1.29 is 13.2 Å². The summed E-state index contributed by atoms with van der Waals surface area (Å²) in [6.07, 6.45) is -3.34. The Morgan fingerprint density at radius 2 is 1.79 bits per heavy atom. The zero-order valence-corrected chi connectivity index (χ0v) is 19.2. The number of hydrogen-bond acceptors (Lipinski definition) is 3. The number of alkyl halides is 3. The maximum atomic E-state index is 12.6. The summed E-state index contributed by atoms with van der Waals surface area (Å²) in [5, 5.41) is 3.34. The molecular weight excluding hydrogens is 494 g/mol. The first-order chi connectivity index (χ1) is 13.4. The van der Waals surface area contributed by atoms with Gasteiger partial charge in [0.1, 0.15) is 0 Å². The quantitative estimate of drug-likeness (QED) is 0.364. The maximum absolute atomic E-state index is 12.6. The molecule has 2 aliphatic heterocycles. The molecule has 1 aromatic rings. The van der Waals surface area contributed by atoms with Crippen molar-refractivity contribution in [1.29, 1.82) is 0 Å². The molecule has 1 aromatic carbocycles. The first-order valence-electron chi connectivity index (χ1n) is 10.1. The first-order valence-corrected chi connectivity index (χ1v) is 10.1. The van der Waals surface area contributed by atoms with E-state index in [4.69, 9.17) is 4.99 Å². The van der Waals surface area contributed by atoms with Gasteiger partial charge in [-0.3, -0.25) is 9.89 Å². The molecule has 2 aliphatic rings. The topological polar surface area (TPSA) is 34.1 Å². The zero-order valence-electron chi connectivity index (χ0n) is 16.9. The summed E-state index contributed by atoms with van der Waals surface area (Å²) in [6.45, 7) is 7.19. The minimum atomic E-state index is -4.12. The van der Waals surface area contributed by atoms with Crippen LogP contribution in [0.15, 0.2) is 35.3 Å². The van der Waals surface area contributed by atoms with Crippen molar-refractivity contribution in [3.63, 3.8) is 0 Å². The van der Waals surface area contributed by atoms with Gasteiger partial charge in [-0.25, -0.2) is 0 Å². The first kappa shape index (κ1) is 24.0. The molecule has 0 saturated carbocycles. The van der Waals surface area contributed by atoms with E-state index in [1.54, 1.807) is 0 Å². The lowest BCUT2D eigenvalue weighted by Gasteiger charge is -2.37.